The van der Waals surface area contributed by atoms with Crippen LogP contribution in [0, 0.1) is 5.82 Å². The Balaban J connectivity index is 1.61. The van der Waals surface area contributed by atoms with Gasteiger partial charge in [0.1, 0.15) is 15.7 Å². The van der Waals surface area contributed by atoms with Crippen molar-refractivity contribution in [2.45, 2.75) is 9.10 Å². The highest BCUT2D eigenvalue weighted by atomic mass is 32.2. The molecule has 4 rings (SSSR count). The number of hydrogen-bond donors (Lipinski definition) is 1. The number of anilines is 1. The first kappa shape index (κ1) is 21.8. The average molecular weight is 484 g/mol. The second-order valence-corrected chi connectivity index (χ2v) is 11.5. The molecule has 1 N–H and O–H groups in total. The fourth-order valence-corrected chi connectivity index (χ4v) is 6.68. The summed E-state index contributed by atoms with van der Waals surface area (Å²) in [6.07, 6.45) is 1.23. The van der Waals surface area contributed by atoms with Crippen LogP contribution in [0.15, 0.2) is 63.8 Å². The Bertz CT molecular complexity index is 1290. The molecular weight excluding hydrogens is 465 g/mol. The molecule has 31 heavy (non-hydrogen) atoms. The van der Waals surface area contributed by atoms with Crippen molar-refractivity contribution in [3.8, 4) is 10.6 Å². The fraction of sp³-hybridized carbons (Fsp3) is 0.211. The molecule has 0 aliphatic carbocycles. The molecule has 0 unspecified atom stereocenters. The number of hydrogen-bond acceptors (Lipinski definition) is 7. The van der Waals surface area contributed by atoms with Crippen molar-refractivity contribution in [2.75, 3.05) is 31.0 Å². The molecule has 1 aliphatic rings. The number of morpholine rings is 1. The fourth-order valence-electron chi connectivity index (χ4n) is 2.99. The van der Waals surface area contributed by atoms with Gasteiger partial charge in [-0.2, -0.15) is 4.31 Å². The first-order valence-electron chi connectivity index (χ1n) is 9.19. The van der Waals surface area contributed by atoms with Crippen LogP contribution < -0.4 is 4.72 Å². The molecule has 0 amide bonds. The van der Waals surface area contributed by atoms with E-state index in [-0.39, 0.29) is 36.2 Å². The van der Waals surface area contributed by atoms with Gasteiger partial charge in [-0.1, -0.05) is 30.3 Å². The smallest absolute Gasteiger partial charge is 0.273 e. The largest absolute Gasteiger partial charge is 0.379 e. The average Bonchev–Trinajstić information content (AvgIpc) is 3.28. The second-order valence-electron chi connectivity index (χ2n) is 6.62. The Labute approximate surface area is 183 Å². The Kier molecular flexibility index (Phi) is 6.08. The number of thiazole rings is 1. The lowest BCUT2D eigenvalue weighted by molar-refractivity contribution is 0.0729. The first-order chi connectivity index (χ1) is 14.8. The minimum atomic E-state index is -4.13. The van der Waals surface area contributed by atoms with E-state index >= 15 is 0 Å². The second kappa shape index (κ2) is 8.63. The third kappa shape index (κ3) is 4.62. The summed E-state index contributed by atoms with van der Waals surface area (Å²) in [5.41, 5.74) is 0.706. The van der Waals surface area contributed by atoms with Gasteiger partial charge >= 0.3 is 0 Å². The van der Waals surface area contributed by atoms with Crippen LogP contribution in [0.3, 0.4) is 0 Å². The Morgan fingerprint density at radius 3 is 2.45 bits per heavy atom. The topological polar surface area (TPSA) is 106 Å². The Hall–Kier alpha value is -2.38. The van der Waals surface area contributed by atoms with Gasteiger partial charge in [0.15, 0.2) is 4.21 Å². The van der Waals surface area contributed by atoms with Crippen molar-refractivity contribution in [1.82, 2.24) is 9.29 Å². The van der Waals surface area contributed by atoms with E-state index in [1.807, 2.05) is 30.3 Å². The molecule has 1 aromatic heterocycles. The summed E-state index contributed by atoms with van der Waals surface area (Å²) in [4.78, 5) is 3.56. The van der Waals surface area contributed by atoms with Crippen molar-refractivity contribution < 1.29 is 26.0 Å². The molecule has 1 fully saturated rings. The molecule has 0 radical (unpaired) electrons. The molecule has 2 aromatic carbocycles. The van der Waals surface area contributed by atoms with Crippen LogP contribution >= 0.6 is 11.3 Å². The van der Waals surface area contributed by atoms with Gasteiger partial charge in [0.2, 0.25) is 10.0 Å². The van der Waals surface area contributed by atoms with E-state index in [1.54, 1.807) is 0 Å². The maximum Gasteiger partial charge on any atom is 0.273 e. The SMILES string of the molecule is O=S(=O)(Nc1ccc(F)c(S(=O)(=O)N2CCOCC2)c1)c1cnc(-c2ccccc2)s1. The summed E-state index contributed by atoms with van der Waals surface area (Å²) in [6, 6.07) is 12.2. The molecule has 0 atom stereocenters. The number of ether oxygens (including phenoxy) is 1. The van der Waals surface area contributed by atoms with Crippen LogP contribution in [0.2, 0.25) is 0 Å². The maximum atomic E-state index is 14.3. The minimum Gasteiger partial charge on any atom is -0.379 e. The molecule has 0 bridgehead atoms. The maximum absolute atomic E-state index is 14.3. The van der Waals surface area contributed by atoms with Crippen LogP contribution in [0.1, 0.15) is 0 Å². The van der Waals surface area contributed by atoms with Gasteiger partial charge < -0.3 is 4.74 Å². The zero-order valence-corrected chi connectivity index (χ0v) is 18.5. The van der Waals surface area contributed by atoms with Crippen molar-refractivity contribution in [3.63, 3.8) is 0 Å². The highest BCUT2D eigenvalue weighted by Gasteiger charge is 2.30. The van der Waals surface area contributed by atoms with Crippen molar-refractivity contribution in [3.05, 3.63) is 60.5 Å². The van der Waals surface area contributed by atoms with E-state index in [0.717, 1.165) is 33.3 Å². The summed E-state index contributed by atoms with van der Waals surface area (Å²) in [5.74, 6) is -0.960. The van der Waals surface area contributed by atoms with E-state index < -0.39 is 30.8 Å². The van der Waals surface area contributed by atoms with E-state index in [9.17, 15) is 21.2 Å². The van der Waals surface area contributed by atoms with Crippen molar-refractivity contribution in [1.29, 1.82) is 0 Å². The molecule has 1 saturated heterocycles. The van der Waals surface area contributed by atoms with Crippen LogP contribution in [0.4, 0.5) is 10.1 Å². The number of aromatic nitrogens is 1. The lowest BCUT2D eigenvalue weighted by Crippen LogP contribution is -2.40. The third-order valence-electron chi connectivity index (χ3n) is 4.54. The summed E-state index contributed by atoms with van der Waals surface area (Å²) in [7, 11) is -8.18. The lowest BCUT2D eigenvalue weighted by Gasteiger charge is -2.26. The molecule has 8 nitrogen and oxygen atoms in total. The highest BCUT2D eigenvalue weighted by Crippen LogP contribution is 2.30. The monoisotopic (exact) mass is 483 g/mol. The highest BCUT2D eigenvalue weighted by molar-refractivity contribution is 7.94. The molecular formula is C19H18FN3O5S3. The normalized spacial score (nSPS) is 15.6. The predicted octanol–water partition coefficient (Wildman–Crippen LogP) is 2.77. The Morgan fingerprint density at radius 1 is 1.03 bits per heavy atom. The number of nitrogens with zero attached hydrogens (tertiary/aromatic N) is 2. The van der Waals surface area contributed by atoms with Crippen molar-refractivity contribution in [2.24, 2.45) is 0 Å². The molecule has 0 spiro atoms. The van der Waals surface area contributed by atoms with Gasteiger partial charge in [0.25, 0.3) is 10.0 Å². The summed E-state index contributed by atoms with van der Waals surface area (Å²) in [6.45, 7) is 0.617. The third-order valence-corrected chi connectivity index (χ3v) is 9.34. The number of halogens is 1. The molecule has 12 heteroatoms. The molecule has 2 heterocycles. The van der Waals surface area contributed by atoms with Gasteiger partial charge in [-0.3, -0.25) is 4.72 Å². The number of nitrogens with one attached hydrogen (secondary N) is 1. The van der Waals surface area contributed by atoms with E-state index in [0.29, 0.717) is 5.01 Å². The van der Waals surface area contributed by atoms with Crippen LogP contribution in [-0.4, -0.2) is 52.4 Å². The number of sulfonamides is 2. The number of benzene rings is 2. The summed E-state index contributed by atoms with van der Waals surface area (Å²) < 4.78 is 74.0. The van der Waals surface area contributed by atoms with E-state index in [2.05, 4.69) is 9.71 Å². The van der Waals surface area contributed by atoms with Gasteiger partial charge in [-0.25, -0.2) is 26.2 Å². The quantitative estimate of drug-likeness (QED) is 0.578. The van der Waals surface area contributed by atoms with Gasteiger partial charge in [-0.15, -0.1) is 11.3 Å². The van der Waals surface area contributed by atoms with E-state index in [4.69, 9.17) is 4.74 Å². The van der Waals surface area contributed by atoms with Gasteiger partial charge in [-0.05, 0) is 18.2 Å². The summed E-state index contributed by atoms with van der Waals surface area (Å²) in [5, 5.41) is 0.524. The predicted molar refractivity (Wildman–Crippen MR) is 114 cm³/mol. The Morgan fingerprint density at radius 2 is 1.74 bits per heavy atom. The molecule has 1 aliphatic heterocycles. The van der Waals surface area contributed by atoms with Crippen LogP contribution in [0.5, 0.6) is 0 Å². The zero-order chi connectivity index (χ0) is 22.1. The standard InChI is InChI=1S/C19H18FN3O5S3/c20-16-7-6-15(12-17(16)31(26,27)23-8-10-28-11-9-23)22-30(24,25)18-13-21-19(29-18)14-4-2-1-3-5-14/h1-7,12-13,22H,8-11H2. The number of rotatable bonds is 6. The lowest BCUT2D eigenvalue weighted by atomic mass is 10.2. The van der Waals surface area contributed by atoms with E-state index in [1.165, 1.54) is 12.3 Å². The van der Waals surface area contributed by atoms with Crippen LogP contribution in [-0.2, 0) is 24.8 Å². The van der Waals surface area contributed by atoms with Gasteiger partial charge in [0.05, 0.1) is 25.1 Å². The minimum absolute atomic E-state index is 0.0479. The molecule has 3 aromatic rings. The van der Waals surface area contributed by atoms with Crippen LogP contribution in [0.25, 0.3) is 10.6 Å². The summed E-state index contributed by atoms with van der Waals surface area (Å²) >= 11 is 0.972. The first-order valence-corrected chi connectivity index (χ1v) is 12.9. The molecule has 0 saturated carbocycles. The molecule has 164 valence electrons. The van der Waals surface area contributed by atoms with Gasteiger partial charge in [0, 0.05) is 18.7 Å². The zero-order valence-electron chi connectivity index (χ0n) is 16.1. The van der Waals surface area contributed by atoms with Crippen molar-refractivity contribution >= 4 is 37.1 Å².